The minimum atomic E-state index is 0. The maximum absolute atomic E-state index is 3.93. The van der Waals surface area contributed by atoms with Gasteiger partial charge in [-0.25, -0.2) is 0 Å². The van der Waals surface area contributed by atoms with Crippen LogP contribution in [0.25, 0.3) is 13.2 Å². The van der Waals surface area contributed by atoms with Crippen molar-refractivity contribution in [1.29, 1.82) is 0 Å². The second-order valence-electron chi connectivity index (χ2n) is 2.71. The molecule has 0 bridgehead atoms. The molecule has 0 atom stereocenters. The molecule has 1 aromatic rings. The highest BCUT2D eigenvalue weighted by Crippen LogP contribution is 1.86. The van der Waals surface area contributed by atoms with Gasteiger partial charge in [0.25, 0.3) is 0 Å². The lowest BCUT2D eigenvalue weighted by atomic mass is 10.1. The number of benzene rings is 1. The van der Waals surface area contributed by atoms with Crippen LogP contribution in [0.2, 0.25) is 0 Å². The molecule has 1 heteroatoms. The van der Waals surface area contributed by atoms with Crippen molar-refractivity contribution in [2.24, 2.45) is 0 Å². The average Bonchev–Trinajstić information content (AvgIpc) is 1.82. The first-order valence-electron chi connectivity index (χ1n) is 3.36. The van der Waals surface area contributed by atoms with Gasteiger partial charge in [0, 0.05) is 0 Å². The Bertz CT molecular complexity index is 309. The molecule has 0 aromatic heterocycles. The van der Waals surface area contributed by atoms with Crippen LogP contribution in [0.5, 0.6) is 0 Å². The minimum absolute atomic E-state index is 0. The molecule has 0 heterocycles. The SMILES string of the molecule is C=c1cc(C)c(=C)c(C)c1.N. The summed E-state index contributed by atoms with van der Waals surface area (Å²) in [6.07, 6.45) is 0. The monoisotopic (exact) mass is 149 g/mol. The van der Waals surface area contributed by atoms with E-state index < -0.39 is 0 Å². The van der Waals surface area contributed by atoms with E-state index in [0.29, 0.717) is 0 Å². The Labute approximate surface area is 67.6 Å². The first-order chi connectivity index (χ1) is 4.61. The highest BCUT2D eigenvalue weighted by molar-refractivity contribution is 5.29. The fourth-order valence-electron chi connectivity index (χ4n) is 1.08. The van der Waals surface area contributed by atoms with E-state index in [0.717, 1.165) is 10.4 Å². The van der Waals surface area contributed by atoms with E-state index in [2.05, 4.69) is 39.1 Å². The summed E-state index contributed by atoms with van der Waals surface area (Å²) in [7, 11) is 0. The molecule has 0 spiro atoms. The van der Waals surface area contributed by atoms with Crippen LogP contribution in [-0.2, 0) is 0 Å². The zero-order valence-corrected chi connectivity index (χ0v) is 7.28. The summed E-state index contributed by atoms with van der Waals surface area (Å²) in [5, 5.41) is 2.20. The third-order valence-corrected chi connectivity index (χ3v) is 1.76. The predicted molar refractivity (Wildman–Crippen MR) is 51.2 cm³/mol. The van der Waals surface area contributed by atoms with Crippen LogP contribution in [0.15, 0.2) is 12.1 Å². The van der Waals surface area contributed by atoms with Gasteiger partial charge in [-0.1, -0.05) is 25.3 Å². The highest BCUT2D eigenvalue weighted by Gasteiger charge is 1.88. The van der Waals surface area contributed by atoms with Crippen molar-refractivity contribution >= 4 is 13.2 Å². The van der Waals surface area contributed by atoms with Crippen molar-refractivity contribution in [3.05, 3.63) is 33.7 Å². The Balaban J connectivity index is 0.000001000. The fraction of sp³-hybridized carbons (Fsp3) is 0.200. The number of aryl methyl sites for hydroxylation is 2. The highest BCUT2D eigenvalue weighted by atomic mass is 14.0. The zero-order chi connectivity index (χ0) is 7.72. The molecule has 0 saturated heterocycles. The van der Waals surface area contributed by atoms with Gasteiger partial charge in [-0.2, -0.15) is 0 Å². The molecule has 0 aliphatic rings. The van der Waals surface area contributed by atoms with E-state index in [1.165, 1.54) is 11.1 Å². The normalized spacial score (nSPS) is 8.91. The molecule has 1 rings (SSSR count). The summed E-state index contributed by atoms with van der Waals surface area (Å²) in [6.45, 7) is 11.9. The quantitative estimate of drug-likeness (QED) is 0.592. The smallest absolute Gasteiger partial charge is 0.0270 e. The largest absolute Gasteiger partial charge is 0.344 e. The molecule has 0 radical (unpaired) electrons. The summed E-state index contributed by atoms with van der Waals surface area (Å²) < 4.78 is 0. The van der Waals surface area contributed by atoms with Crippen molar-refractivity contribution < 1.29 is 0 Å². The molecule has 11 heavy (non-hydrogen) atoms. The van der Waals surface area contributed by atoms with E-state index in [1.54, 1.807) is 0 Å². The number of hydrogen-bond acceptors (Lipinski definition) is 1. The standard InChI is InChI=1S/C10H12.H3N/c1-7-5-8(2)10(4)9(3)6-7;/h5-6H,1,4H2,2-3H3;1H3. The Hall–Kier alpha value is -1.08. The maximum atomic E-state index is 3.93. The molecule has 0 saturated carbocycles. The zero-order valence-electron chi connectivity index (χ0n) is 7.28. The first-order valence-corrected chi connectivity index (χ1v) is 3.36. The molecule has 0 fully saturated rings. The lowest BCUT2D eigenvalue weighted by Crippen LogP contribution is -2.13. The van der Waals surface area contributed by atoms with Crippen molar-refractivity contribution in [2.45, 2.75) is 13.8 Å². The number of rotatable bonds is 0. The van der Waals surface area contributed by atoms with Gasteiger partial charge >= 0.3 is 0 Å². The lowest BCUT2D eigenvalue weighted by Gasteiger charge is -1.96. The van der Waals surface area contributed by atoms with Crippen molar-refractivity contribution in [2.75, 3.05) is 0 Å². The van der Waals surface area contributed by atoms with Gasteiger partial charge in [0.05, 0.1) is 0 Å². The van der Waals surface area contributed by atoms with Crippen LogP contribution in [0, 0.1) is 13.8 Å². The summed E-state index contributed by atoms with van der Waals surface area (Å²) in [5.74, 6) is 0. The topological polar surface area (TPSA) is 35.0 Å². The fourth-order valence-corrected chi connectivity index (χ4v) is 1.08. The third-order valence-electron chi connectivity index (χ3n) is 1.76. The average molecular weight is 149 g/mol. The molecule has 0 amide bonds. The summed E-state index contributed by atoms with van der Waals surface area (Å²) in [5.41, 5.74) is 2.45. The third kappa shape index (κ3) is 1.92. The summed E-state index contributed by atoms with van der Waals surface area (Å²) >= 11 is 0. The van der Waals surface area contributed by atoms with E-state index in [-0.39, 0.29) is 6.15 Å². The molecule has 0 aliphatic heterocycles. The molecular weight excluding hydrogens is 134 g/mol. The molecular formula is C10H15N. The Kier molecular flexibility index (Phi) is 3.02. The van der Waals surface area contributed by atoms with Crippen LogP contribution in [-0.4, -0.2) is 0 Å². The van der Waals surface area contributed by atoms with Crippen molar-refractivity contribution in [3.63, 3.8) is 0 Å². The second-order valence-corrected chi connectivity index (χ2v) is 2.71. The van der Waals surface area contributed by atoms with Gasteiger partial charge in [0.15, 0.2) is 0 Å². The van der Waals surface area contributed by atoms with Crippen LogP contribution in [0.4, 0.5) is 0 Å². The molecule has 0 aliphatic carbocycles. The summed E-state index contributed by atoms with van der Waals surface area (Å²) in [6, 6.07) is 4.10. The maximum Gasteiger partial charge on any atom is -0.0270 e. The Morgan fingerprint density at radius 3 is 1.73 bits per heavy atom. The van der Waals surface area contributed by atoms with E-state index in [9.17, 15) is 0 Å². The van der Waals surface area contributed by atoms with Crippen molar-refractivity contribution in [3.8, 4) is 0 Å². The second kappa shape index (κ2) is 3.35. The molecule has 1 aromatic carbocycles. The van der Waals surface area contributed by atoms with Crippen LogP contribution < -0.4 is 16.6 Å². The van der Waals surface area contributed by atoms with Crippen LogP contribution in [0.3, 0.4) is 0 Å². The first kappa shape index (κ1) is 9.92. The van der Waals surface area contributed by atoms with Gasteiger partial charge < -0.3 is 6.15 Å². The summed E-state index contributed by atoms with van der Waals surface area (Å²) in [4.78, 5) is 0. The van der Waals surface area contributed by atoms with Crippen molar-refractivity contribution in [1.82, 2.24) is 6.15 Å². The van der Waals surface area contributed by atoms with Gasteiger partial charge in [-0.05, 0) is 35.4 Å². The van der Waals surface area contributed by atoms with Gasteiger partial charge in [-0.3, -0.25) is 0 Å². The van der Waals surface area contributed by atoms with Gasteiger partial charge in [0.1, 0.15) is 0 Å². The molecule has 1 nitrogen and oxygen atoms in total. The van der Waals surface area contributed by atoms with Gasteiger partial charge in [-0.15, -0.1) is 0 Å². The predicted octanol–water partition coefficient (Wildman–Crippen LogP) is 1.29. The van der Waals surface area contributed by atoms with Crippen LogP contribution >= 0.6 is 0 Å². The van der Waals surface area contributed by atoms with Crippen LogP contribution in [0.1, 0.15) is 11.1 Å². The number of hydrogen-bond donors (Lipinski definition) is 1. The minimum Gasteiger partial charge on any atom is -0.344 e. The molecule has 3 N–H and O–H groups in total. The van der Waals surface area contributed by atoms with E-state index >= 15 is 0 Å². The lowest BCUT2D eigenvalue weighted by molar-refractivity contribution is 1.31. The van der Waals surface area contributed by atoms with E-state index in [1.807, 2.05) is 0 Å². The Morgan fingerprint density at radius 2 is 1.36 bits per heavy atom. The molecule has 0 unspecified atom stereocenters. The van der Waals surface area contributed by atoms with Gasteiger partial charge in [0.2, 0.25) is 0 Å². The Morgan fingerprint density at radius 1 is 1.00 bits per heavy atom. The van der Waals surface area contributed by atoms with E-state index in [4.69, 9.17) is 0 Å². The molecule has 60 valence electrons.